The fourth-order valence-corrected chi connectivity index (χ4v) is 3.77. The Kier molecular flexibility index (Phi) is 1.72. The van der Waals surface area contributed by atoms with Crippen LogP contribution < -0.4 is 5.32 Å². The second-order valence-corrected chi connectivity index (χ2v) is 5.55. The molecule has 80 valence electrons. The average molecular weight is 201 g/mol. The van der Waals surface area contributed by atoms with Gasteiger partial charge in [0, 0.05) is 17.1 Å². The predicted molar refractivity (Wildman–Crippen MR) is 64.3 cm³/mol. The molecule has 1 saturated carbocycles. The van der Waals surface area contributed by atoms with Crippen molar-refractivity contribution in [2.24, 2.45) is 5.92 Å². The molecule has 3 atom stereocenters. The number of nitrogens with one attached hydrogen (secondary N) is 1. The van der Waals surface area contributed by atoms with Crippen LogP contribution in [0, 0.1) is 12.8 Å². The van der Waals surface area contributed by atoms with Crippen molar-refractivity contribution in [3.63, 3.8) is 0 Å². The zero-order valence-electron chi connectivity index (χ0n) is 9.80. The highest BCUT2D eigenvalue weighted by Gasteiger charge is 2.50. The minimum Gasteiger partial charge on any atom is -0.381 e. The Morgan fingerprint density at radius 2 is 2.20 bits per heavy atom. The molecule has 0 saturated heterocycles. The van der Waals surface area contributed by atoms with Crippen LogP contribution in [-0.2, 0) is 5.41 Å². The maximum atomic E-state index is 3.73. The molecule has 1 aliphatic heterocycles. The van der Waals surface area contributed by atoms with Gasteiger partial charge in [-0.25, -0.2) is 0 Å². The third-order valence-electron chi connectivity index (χ3n) is 4.53. The van der Waals surface area contributed by atoms with Gasteiger partial charge in [0.1, 0.15) is 0 Å². The quantitative estimate of drug-likeness (QED) is 0.677. The molecule has 0 unspecified atom stereocenters. The Morgan fingerprint density at radius 3 is 3.00 bits per heavy atom. The van der Waals surface area contributed by atoms with E-state index in [0.717, 1.165) is 5.92 Å². The number of anilines is 1. The summed E-state index contributed by atoms with van der Waals surface area (Å²) in [6.07, 6.45) is 2.70. The van der Waals surface area contributed by atoms with E-state index < -0.39 is 0 Å². The molecule has 3 rings (SSSR count). The summed E-state index contributed by atoms with van der Waals surface area (Å²) in [5.74, 6) is 0.807. The second-order valence-electron chi connectivity index (χ2n) is 5.55. The zero-order chi connectivity index (χ0) is 10.6. The fourth-order valence-electron chi connectivity index (χ4n) is 3.77. The van der Waals surface area contributed by atoms with Crippen molar-refractivity contribution in [3.05, 3.63) is 29.3 Å². The minimum atomic E-state index is 0.389. The van der Waals surface area contributed by atoms with E-state index in [9.17, 15) is 0 Å². The largest absolute Gasteiger partial charge is 0.381 e. The van der Waals surface area contributed by atoms with E-state index in [1.807, 2.05) is 0 Å². The van der Waals surface area contributed by atoms with E-state index >= 15 is 0 Å². The topological polar surface area (TPSA) is 12.0 Å². The second kappa shape index (κ2) is 2.78. The molecule has 0 aromatic heterocycles. The van der Waals surface area contributed by atoms with Crippen molar-refractivity contribution in [1.29, 1.82) is 0 Å². The van der Waals surface area contributed by atoms with Crippen molar-refractivity contribution in [1.82, 2.24) is 0 Å². The number of benzene rings is 1. The van der Waals surface area contributed by atoms with Gasteiger partial charge in [-0.15, -0.1) is 0 Å². The summed E-state index contributed by atoms with van der Waals surface area (Å²) >= 11 is 0. The van der Waals surface area contributed by atoms with Crippen LogP contribution in [0.3, 0.4) is 0 Å². The molecule has 15 heavy (non-hydrogen) atoms. The SMILES string of the molecule is Cc1cccc2c1[C@]1(C)CC[C@@H](C)[C@@H]1N2. The van der Waals surface area contributed by atoms with Gasteiger partial charge in [0.2, 0.25) is 0 Å². The zero-order valence-corrected chi connectivity index (χ0v) is 9.80. The number of hydrogen-bond donors (Lipinski definition) is 1. The van der Waals surface area contributed by atoms with Gasteiger partial charge in [0.25, 0.3) is 0 Å². The minimum absolute atomic E-state index is 0.389. The summed E-state index contributed by atoms with van der Waals surface area (Å²) < 4.78 is 0. The Balaban J connectivity index is 2.18. The lowest BCUT2D eigenvalue weighted by molar-refractivity contribution is 0.439. The summed E-state index contributed by atoms with van der Waals surface area (Å²) in [6, 6.07) is 7.31. The summed E-state index contributed by atoms with van der Waals surface area (Å²) in [7, 11) is 0. The highest BCUT2D eigenvalue weighted by molar-refractivity contribution is 5.65. The van der Waals surface area contributed by atoms with Crippen LogP contribution in [0.2, 0.25) is 0 Å². The number of hydrogen-bond acceptors (Lipinski definition) is 1. The Bertz CT molecular complexity index is 410. The molecule has 1 heterocycles. The van der Waals surface area contributed by atoms with Gasteiger partial charge in [-0.05, 0) is 42.9 Å². The first kappa shape index (κ1) is 9.26. The Morgan fingerprint density at radius 1 is 1.40 bits per heavy atom. The summed E-state index contributed by atoms with van der Waals surface area (Å²) in [6.45, 7) is 7.06. The number of fused-ring (bicyclic) bond motifs is 3. The molecule has 1 nitrogen and oxygen atoms in total. The molecule has 1 aromatic rings. The highest BCUT2D eigenvalue weighted by atomic mass is 15.0. The van der Waals surface area contributed by atoms with Crippen LogP contribution in [0.4, 0.5) is 5.69 Å². The summed E-state index contributed by atoms with van der Waals surface area (Å²) in [5, 5.41) is 3.73. The van der Waals surface area contributed by atoms with Gasteiger partial charge in [0.05, 0.1) is 0 Å². The van der Waals surface area contributed by atoms with Crippen molar-refractivity contribution in [2.45, 2.75) is 45.1 Å². The Labute approximate surface area is 91.9 Å². The molecular formula is C14H19N. The third kappa shape index (κ3) is 1.04. The molecule has 0 amide bonds. The third-order valence-corrected chi connectivity index (χ3v) is 4.53. The molecule has 0 spiro atoms. The van der Waals surface area contributed by atoms with Crippen molar-refractivity contribution >= 4 is 5.69 Å². The van der Waals surface area contributed by atoms with E-state index in [1.165, 1.54) is 24.1 Å². The van der Waals surface area contributed by atoms with E-state index in [-0.39, 0.29) is 0 Å². The van der Waals surface area contributed by atoms with Crippen LogP contribution in [-0.4, -0.2) is 6.04 Å². The molecule has 2 aliphatic rings. The number of rotatable bonds is 0. The van der Waals surface area contributed by atoms with Crippen molar-refractivity contribution in [2.75, 3.05) is 5.32 Å². The van der Waals surface area contributed by atoms with Gasteiger partial charge in [-0.1, -0.05) is 26.0 Å². The number of aryl methyl sites for hydroxylation is 1. The maximum absolute atomic E-state index is 3.73. The van der Waals surface area contributed by atoms with Gasteiger partial charge in [0.15, 0.2) is 0 Å². The van der Waals surface area contributed by atoms with E-state index in [0.29, 0.717) is 11.5 Å². The molecule has 1 aromatic carbocycles. The lowest BCUT2D eigenvalue weighted by Gasteiger charge is -2.27. The van der Waals surface area contributed by atoms with Crippen molar-refractivity contribution in [3.8, 4) is 0 Å². The van der Waals surface area contributed by atoms with E-state index in [1.54, 1.807) is 5.56 Å². The van der Waals surface area contributed by atoms with E-state index in [4.69, 9.17) is 0 Å². The first-order chi connectivity index (χ1) is 7.13. The average Bonchev–Trinajstić information content (AvgIpc) is 2.63. The van der Waals surface area contributed by atoms with Gasteiger partial charge in [-0.3, -0.25) is 0 Å². The molecule has 0 bridgehead atoms. The van der Waals surface area contributed by atoms with Crippen molar-refractivity contribution < 1.29 is 0 Å². The lowest BCUT2D eigenvalue weighted by Crippen LogP contribution is -2.34. The van der Waals surface area contributed by atoms with Crippen LogP contribution in [0.1, 0.15) is 37.8 Å². The molecule has 0 radical (unpaired) electrons. The molecule has 1 aliphatic carbocycles. The normalized spacial score (nSPS) is 37.3. The summed E-state index contributed by atoms with van der Waals surface area (Å²) in [5.41, 5.74) is 4.81. The van der Waals surface area contributed by atoms with Gasteiger partial charge >= 0.3 is 0 Å². The maximum Gasteiger partial charge on any atom is 0.0384 e. The fraction of sp³-hybridized carbons (Fsp3) is 0.571. The smallest absolute Gasteiger partial charge is 0.0384 e. The molecule has 1 fully saturated rings. The first-order valence-corrected chi connectivity index (χ1v) is 5.99. The van der Waals surface area contributed by atoms with Crippen LogP contribution in [0.15, 0.2) is 18.2 Å². The molecular weight excluding hydrogens is 182 g/mol. The van der Waals surface area contributed by atoms with Crippen LogP contribution in [0.5, 0.6) is 0 Å². The molecule has 1 heteroatoms. The van der Waals surface area contributed by atoms with Gasteiger partial charge in [-0.2, -0.15) is 0 Å². The monoisotopic (exact) mass is 201 g/mol. The standard InChI is InChI=1S/C14H19N/c1-9-5-4-6-11-12(9)14(3)8-7-10(2)13(14)15-11/h4-6,10,13,15H,7-8H2,1-3H3/t10-,13+,14+/m1/s1. The predicted octanol–water partition coefficient (Wildman–Crippen LogP) is 3.48. The molecule has 1 N–H and O–H groups in total. The Hall–Kier alpha value is -0.980. The lowest BCUT2D eigenvalue weighted by atomic mass is 9.77. The highest BCUT2D eigenvalue weighted by Crippen LogP contribution is 2.53. The van der Waals surface area contributed by atoms with Crippen LogP contribution in [0.25, 0.3) is 0 Å². The first-order valence-electron chi connectivity index (χ1n) is 5.99. The van der Waals surface area contributed by atoms with Gasteiger partial charge < -0.3 is 5.32 Å². The van der Waals surface area contributed by atoms with Crippen LogP contribution >= 0.6 is 0 Å². The summed E-state index contributed by atoms with van der Waals surface area (Å²) in [4.78, 5) is 0. The van der Waals surface area contributed by atoms with E-state index in [2.05, 4.69) is 44.3 Å².